The molecule has 0 bridgehead atoms. The summed E-state index contributed by atoms with van der Waals surface area (Å²) in [7, 11) is 18.1. The number of benzene rings is 6. The first-order valence-electron chi connectivity index (χ1n) is 22.7. The van der Waals surface area contributed by atoms with E-state index in [1.165, 1.54) is 95.2 Å². The summed E-state index contributed by atoms with van der Waals surface area (Å²) in [6, 6.07) is 43.6. The minimum atomic E-state index is -5.68. The van der Waals surface area contributed by atoms with Gasteiger partial charge in [0.2, 0.25) is 0 Å². The molecule has 0 aromatic heterocycles. The van der Waals surface area contributed by atoms with E-state index in [1.54, 1.807) is 0 Å². The second-order valence-corrected chi connectivity index (χ2v) is 60.4. The van der Waals surface area contributed by atoms with Crippen molar-refractivity contribution in [3.8, 4) is 22.3 Å². The zero-order chi connectivity index (χ0) is 42.0. The molecule has 61 heavy (non-hydrogen) atoms. The molecule has 4 aliphatic carbocycles. The number of rotatable bonds is 11. The van der Waals surface area contributed by atoms with Crippen LogP contribution in [0.15, 0.2) is 132 Å². The molecule has 0 heterocycles. The van der Waals surface area contributed by atoms with Crippen molar-refractivity contribution in [3.05, 3.63) is 155 Å². The number of hydrogen-bond acceptors (Lipinski definition) is 0. The van der Waals surface area contributed by atoms with Crippen LogP contribution in [0.1, 0.15) is 100 Å². The molecule has 6 aromatic carbocycles. The van der Waals surface area contributed by atoms with E-state index in [9.17, 15) is 13.2 Å². The Hall–Kier alpha value is -3.21. The fourth-order valence-corrected chi connectivity index (χ4v) is 52.3. The van der Waals surface area contributed by atoms with Gasteiger partial charge in [-0.15, -0.1) is 0 Å². The van der Waals surface area contributed by atoms with Gasteiger partial charge >= 0.3 is 371 Å². The monoisotopic (exact) mass is 947 g/mol. The zero-order valence-electron chi connectivity index (χ0n) is 35.0. The topological polar surface area (TPSA) is 0 Å². The van der Waals surface area contributed by atoms with Crippen LogP contribution in [0.2, 0.25) is 12.6 Å². The van der Waals surface area contributed by atoms with Crippen LogP contribution in [0.25, 0.3) is 56.0 Å². The third-order valence-corrected chi connectivity index (χ3v) is 65.5. The van der Waals surface area contributed by atoms with Gasteiger partial charge < -0.3 is 0 Å². The van der Waals surface area contributed by atoms with Crippen molar-refractivity contribution in [3.63, 3.8) is 0 Å². The minimum absolute atomic E-state index is 0.0571. The Morgan fingerprint density at radius 3 is 1.41 bits per heavy atom. The number of alkyl halides is 3. The Morgan fingerprint density at radius 1 is 0.557 bits per heavy atom. The van der Waals surface area contributed by atoms with E-state index in [2.05, 4.69) is 140 Å². The molecular formula is C54H54Cl2F3SiZr. The average molecular weight is 950 g/mol. The first-order chi connectivity index (χ1) is 29.4. The van der Waals surface area contributed by atoms with Gasteiger partial charge in [0, 0.05) is 0 Å². The van der Waals surface area contributed by atoms with E-state index in [0.29, 0.717) is 11.8 Å². The molecule has 7 heteroatoms. The summed E-state index contributed by atoms with van der Waals surface area (Å²) in [6.45, 7) is 2.15. The second-order valence-electron chi connectivity index (χ2n) is 19.0. The summed E-state index contributed by atoms with van der Waals surface area (Å²) in [5, 5.41) is 4.75. The van der Waals surface area contributed by atoms with Crippen LogP contribution < -0.4 is 0 Å². The molecule has 3 atom stereocenters. The molecular weight excluding hydrogens is 896 g/mol. The summed E-state index contributed by atoms with van der Waals surface area (Å²) in [5.41, 5.74) is 11.8. The summed E-state index contributed by atoms with van der Waals surface area (Å²) in [4.78, 5) is 0. The number of fused-ring (bicyclic) bond motifs is 4. The Kier molecular flexibility index (Phi) is 11.2. The number of halogens is 5. The van der Waals surface area contributed by atoms with Crippen LogP contribution in [0.3, 0.4) is 0 Å². The van der Waals surface area contributed by atoms with Crippen molar-refractivity contribution in [2.24, 2.45) is 11.8 Å². The van der Waals surface area contributed by atoms with Gasteiger partial charge in [0.05, 0.1) is 0 Å². The molecule has 10 rings (SSSR count). The fourth-order valence-electron chi connectivity index (χ4n) is 12.3. The average Bonchev–Trinajstić information content (AvgIpc) is 4.10. The van der Waals surface area contributed by atoms with E-state index in [-0.39, 0.29) is 13.3 Å². The molecule has 0 radical (unpaired) electrons. The molecule has 0 saturated heterocycles. The van der Waals surface area contributed by atoms with Crippen molar-refractivity contribution in [2.45, 2.75) is 96.6 Å². The second kappa shape index (κ2) is 16.4. The summed E-state index contributed by atoms with van der Waals surface area (Å²) in [6.07, 6.45) is 11.1. The van der Waals surface area contributed by atoms with Gasteiger partial charge in [-0.3, -0.25) is 0 Å². The first-order valence-corrected chi connectivity index (χ1v) is 38.7. The van der Waals surface area contributed by atoms with Crippen LogP contribution in [0.5, 0.6) is 0 Å². The standard InChI is InChI=1S/2C25H23.C4H8F3Si.2ClH.Zr/c2*1-2-7-18(6-1)14-19-15-22-10-5-11-24(25(22)16-19)23-13-12-20-8-3-4-9-21(20)17-23;1-8-3-2-4(5,6)7;;;/h2*3-5,8-13,15-18H,1-2,6-7,14H2;8H,2-3H2,1H3;2*1H;/q;;;;;+2/p-2. The Labute approximate surface area is 368 Å². The van der Waals surface area contributed by atoms with Crippen molar-refractivity contribution in [2.75, 3.05) is 0 Å². The molecule has 0 nitrogen and oxygen atoms in total. The Bertz CT molecular complexity index is 2530. The van der Waals surface area contributed by atoms with E-state index in [1.807, 2.05) is 0 Å². The molecule has 4 aliphatic rings. The maximum atomic E-state index is 14.5. The van der Waals surface area contributed by atoms with Crippen molar-refractivity contribution < 1.29 is 28.7 Å². The SMILES string of the molecule is C[SiH](CCC(F)(F)F)[Zr]([Cl])([Cl])([CH]1C(CC2CCCC2)=Cc2c(-c3ccc4ccccc4c3)cccc21)[CH]1C(CC2CCCC2)=Cc2c(-c3ccc4ccccc4c3)cccc21. The molecule has 2 saturated carbocycles. The summed E-state index contributed by atoms with van der Waals surface area (Å²) < 4.78 is 43.0. The van der Waals surface area contributed by atoms with E-state index < -0.39 is 34.1 Å². The van der Waals surface area contributed by atoms with E-state index in [4.69, 9.17) is 17.0 Å². The van der Waals surface area contributed by atoms with Crippen molar-refractivity contribution in [1.29, 1.82) is 0 Å². The van der Waals surface area contributed by atoms with E-state index in [0.717, 1.165) is 46.2 Å². The summed E-state index contributed by atoms with van der Waals surface area (Å²) >= 11 is -5.68. The first kappa shape index (κ1) is 41.8. The van der Waals surface area contributed by atoms with Crippen LogP contribution in [-0.4, -0.2) is 12.1 Å². The van der Waals surface area contributed by atoms with Crippen molar-refractivity contribution >= 4 is 56.6 Å². The molecule has 313 valence electrons. The normalized spacial score (nSPS) is 20.7. The predicted molar refractivity (Wildman–Crippen MR) is 254 cm³/mol. The van der Waals surface area contributed by atoms with E-state index >= 15 is 0 Å². The van der Waals surface area contributed by atoms with Gasteiger partial charge in [0.1, 0.15) is 0 Å². The third-order valence-electron chi connectivity index (χ3n) is 15.3. The van der Waals surface area contributed by atoms with Gasteiger partial charge in [-0.1, -0.05) is 0 Å². The maximum absolute atomic E-state index is 14.5. The summed E-state index contributed by atoms with van der Waals surface area (Å²) in [5.74, 6) is -1.50. The van der Waals surface area contributed by atoms with Gasteiger partial charge in [0.25, 0.3) is 0 Å². The predicted octanol–water partition coefficient (Wildman–Crippen LogP) is 17.4. The Balaban J connectivity index is 1.20. The third kappa shape index (κ3) is 7.70. The van der Waals surface area contributed by atoms with Gasteiger partial charge in [-0.2, -0.15) is 0 Å². The van der Waals surface area contributed by atoms with Gasteiger partial charge in [0.15, 0.2) is 0 Å². The molecule has 0 aliphatic heterocycles. The molecule has 0 N–H and O–H groups in total. The fraction of sp³-hybridized carbons (Fsp3) is 0.333. The van der Waals surface area contributed by atoms with Crippen LogP contribution in [0, 0.1) is 11.8 Å². The van der Waals surface area contributed by atoms with Crippen LogP contribution in [-0.2, 0) is 15.6 Å². The van der Waals surface area contributed by atoms with Crippen LogP contribution in [0.4, 0.5) is 13.2 Å². The van der Waals surface area contributed by atoms with Crippen LogP contribution >= 0.6 is 17.0 Å². The van der Waals surface area contributed by atoms with Gasteiger partial charge in [-0.25, -0.2) is 0 Å². The van der Waals surface area contributed by atoms with Crippen molar-refractivity contribution in [1.82, 2.24) is 0 Å². The zero-order valence-corrected chi connectivity index (χ0v) is 40.1. The quantitative estimate of drug-likeness (QED) is 0.114. The number of allylic oxidation sites excluding steroid dienone is 2. The molecule has 3 unspecified atom stereocenters. The van der Waals surface area contributed by atoms with Gasteiger partial charge in [-0.05, 0) is 0 Å². The molecule has 6 aromatic rings. The Morgan fingerprint density at radius 2 is 0.984 bits per heavy atom. The number of hydrogen-bond donors (Lipinski definition) is 0. The molecule has 0 spiro atoms. The molecule has 2 fully saturated rings. The molecule has 0 amide bonds.